The first-order chi connectivity index (χ1) is 5.86. The van der Waals surface area contributed by atoms with Gasteiger partial charge in [0.15, 0.2) is 6.29 Å². The fourth-order valence-electron chi connectivity index (χ4n) is 0.700. The Hall–Kier alpha value is -1.27. The van der Waals surface area contributed by atoms with Gasteiger partial charge in [0.05, 0.1) is 11.5 Å². The molecule has 1 aromatic heterocycles. The summed E-state index contributed by atoms with van der Waals surface area (Å²) >= 11 is 1.36. The van der Waals surface area contributed by atoms with Crippen LogP contribution in [0.5, 0.6) is 5.75 Å². The van der Waals surface area contributed by atoms with E-state index >= 15 is 0 Å². The Labute approximate surface area is 75.2 Å². The molecule has 0 aliphatic carbocycles. The predicted molar refractivity (Wildman–Crippen MR) is 48.7 cm³/mol. The highest BCUT2D eigenvalue weighted by atomic mass is 32.1. The van der Waals surface area contributed by atoms with Gasteiger partial charge in [-0.25, -0.2) is 0 Å². The Bertz CT molecular complexity index is 296. The summed E-state index contributed by atoms with van der Waals surface area (Å²) in [6, 6.07) is 1.70. The first-order valence-corrected chi connectivity index (χ1v) is 4.34. The highest BCUT2D eigenvalue weighted by Crippen LogP contribution is 2.19. The van der Waals surface area contributed by atoms with Crippen LogP contribution < -0.4 is 4.74 Å². The van der Waals surface area contributed by atoms with Crippen LogP contribution in [0.15, 0.2) is 11.4 Å². The normalized spacial score (nSPS) is 8.92. The van der Waals surface area contributed by atoms with Gasteiger partial charge in [0.25, 0.3) is 0 Å². The molecule has 0 aromatic carbocycles. The predicted octanol–water partition coefficient (Wildman–Crippen LogP) is 1.96. The van der Waals surface area contributed by atoms with Crippen LogP contribution in [0, 0.1) is 12.3 Å². The summed E-state index contributed by atoms with van der Waals surface area (Å²) in [7, 11) is 0. The second kappa shape index (κ2) is 4.58. The Kier molecular flexibility index (Phi) is 3.36. The van der Waals surface area contributed by atoms with Crippen LogP contribution in [-0.4, -0.2) is 12.9 Å². The summed E-state index contributed by atoms with van der Waals surface area (Å²) in [5.74, 6) is 3.19. The van der Waals surface area contributed by atoms with E-state index in [0.717, 1.165) is 12.0 Å². The fraction of sp³-hybridized carbons (Fsp3) is 0.222. The number of hydrogen-bond donors (Lipinski definition) is 0. The van der Waals surface area contributed by atoms with E-state index in [9.17, 15) is 4.79 Å². The highest BCUT2D eigenvalue weighted by Gasteiger charge is 1.97. The smallest absolute Gasteiger partial charge is 0.160 e. The molecule has 0 amide bonds. The monoisotopic (exact) mass is 180 g/mol. The van der Waals surface area contributed by atoms with Crippen LogP contribution in [0.1, 0.15) is 16.1 Å². The molecule has 0 aliphatic heterocycles. The maximum Gasteiger partial charge on any atom is 0.160 e. The van der Waals surface area contributed by atoms with E-state index in [1.165, 1.54) is 11.3 Å². The molecule has 0 radical (unpaired) electrons. The second-order valence-corrected chi connectivity index (χ2v) is 3.05. The van der Waals surface area contributed by atoms with E-state index in [0.29, 0.717) is 17.9 Å². The molecule has 0 spiro atoms. The van der Waals surface area contributed by atoms with Gasteiger partial charge in [0.1, 0.15) is 5.75 Å². The molecule has 3 heteroatoms. The van der Waals surface area contributed by atoms with E-state index in [4.69, 9.17) is 11.2 Å². The maximum absolute atomic E-state index is 10.3. The lowest BCUT2D eigenvalue weighted by Gasteiger charge is -1.97. The molecule has 1 heterocycles. The standard InChI is InChI=1S/C9H8O2S/c1-2-3-4-11-8-5-9(6-10)12-7-8/h1,5-7H,3-4H2. The van der Waals surface area contributed by atoms with Gasteiger partial charge in [-0.1, -0.05) is 0 Å². The molecular formula is C9H8O2S. The van der Waals surface area contributed by atoms with E-state index in [1.807, 2.05) is 0 Å². The molecule has 0 aliphatic rings. The molecule has 0 atom stereocenters. The van der Waals surface area contributed by atoms with Crippen LogP contribution in [0.3, 0.4) is 0 Å². The average Bonchev–Trinajstić information content (AvgIpc) is 2.53. The first-order valence-electron chi connectivity index (χ1n) is 3.47. The number of hydrogen-bond acceptors (Lipinski definition) is 3. The van der Waals surface area contributed by atoms with Gasteiger partial charge in [0.2, 0.25) is 0 Å². The fourth-order valence-corrected chi connectivity index (χ4v) is 1.33. The Morgan fingerprint density at radius 2 is 2.58 bits per heavy atom. The zero-order chi connectivity index (χ0) is 8.81. The van der Waals surface area contributed by atoms with Crippen molar-refractivity contribution >= 4 is 17.6 Å². The van der Waals surface area contributed by atoms with Crippen molar-refractivity contribution in [3.63, 3.8) is 0 Å². The quantitative estimate of drug-likeness (QED) is 0.402. The summed E-state index contributed by atoms with van der Waals surface area (Å²) in [6.07, 6.45) is 6.43. The molecule has 1 aromatic rings. The van der Waals surface area contributed by atoms with Crippen LogP contribution in [0.25, 0.3) is 0 Å². The topological polar surface area (TPSA) is 26.3 Å². The summed E-state index contributed by atoms with van der Waals surface area (Å²) < 4.78 is 5.24. The Morgan fingerprint density at radius 3 is 3.17 bits per heavy atom. The molecule has 0 N–H and O–H groups in total. The number of terminal acetylenes is 1. The van der Waals surface area contributed by atoms with Crippen LogP contribution in [-0.2, 0) is 0 Å². The van der Waals surface area contributed by atoms with Gasteiger partial charge in [-0.05, 0) is 0 Å². The first kappa shape index (κ1) is 8.82. The van der Waals surface area contributed by atoms with Gasteiger partial charge in [0, 0.05) is 17.9 Å². The van der Waals surface area contributed by atoms with E-state index < -0.39 is 0 Å². The molecule has 0 bridgehead atoms. The third kappa shape index (κ3) is 2.40. The summed E-state index contributed by atoms with van der Waals surface area (Å²) in [4.78, 5) is 10.9. The third-order valence-electron chi connectivity index (χ3n) is 1.23. The van der Waals surface area contributed by atoms with Gasteiger partial charge in [-0.3, -0.25) is 4.79 Å². The second-order valence-electron chi connectivity index (χ2n) is 2.11. The van der Waals surface area contributed by atoms with Gasteiger partial charge in [-0.2, -0.15) is 0 Å². The molecule has 0 saturated carbocycles. The minimum Gasteiger partial charge on any atom is -0.492 e. The molecule has 62 valence electrons. The average molecular weight is 180 g/mol. The number of carbonyl (C=O) groups excluding carboxylic acids is 1. The lowest BCUT2D eigenvalue weighted by atomic mass is 10.4. The molecule has 0 fully saturated rings. The zero-order valence-corrected chi connectivity index (χ0v) is 7.26. The largest absolute Gasteiger partial charge is 0.492 e. The third-order valence-corrected chi connectivity index (χ3v) is 2.06. The van der Waals surface area contributed by atoms with Crippen molar-refractivity contribution in [2.45, 2.75) is 6.42 Å². The van der Waals surface area contributed by atoms with Gasteiger partial charge >= 0.3 is 0 Å². The van der Waals surface area contributed by atoms with Crippen molar-refractivity contribution in [1.29, 1.82) is 0 Å². The molecular weight excluding hydrogens is 172 g/mol. The molecule has 1 rings (SSSR count). The number of thiophene rings is 1. The van der Waals surface area contributed by atoms with Crippen molar-refractivity contribution in [2.24, 2.45) is 0 Å². The van der Waals surface area contributed by atoms with Crippen LogP contribution in [0.2, 0.25) is 0 Å². The lowest BCUT2D eigenvalue weighted by Crippen LogP contribution is -1.93. The van der Waals surface area contributed by atoms with Crippen molar-refractivity contribution in [3.05, 3.63) is 16.3 Å². The summed E-state index contributed by atoms with van der Waals surface area (Å²) in [5, 5.41) is 1.79. The highest BCUT2D eigenvalue weighted by molar-refractivity contribution is 7.11. The number of aldehydes is 1. The SMILES string of the molecule is C#CCCOc1csc(C=O)c1. The maximum atomic E-state index is 10.3. The zero-order valence-electron chi connectivity index (χ0n) is 6.45. The van der Waals surface area contributed by atoms with Gasteiger partial charge < -0.3 is 4.74 Å². The van der Waals surface area contributed by atoms with Gasteiger partial charge in [-0.15, -0.1) is 23.7 Å². The van der Waals surface area contributed by atoms with Crippen molar-refractivity contribution in [3.8, 4) is 18.1 Å². The van der Waals surface area contributed by atoms with E-state index in [-0.39, 0.29) is 0 Å². The minimum absolute atomic E-state index is 0.505. The summed E-state index contributed by atoms with van der Waals surface area (Å²) in [6.45, 7) is 0.505. The van der Waals surface area contributed by atoms with Crippen LogP contribution >= 0.6 is 11.3 Å². The molecule has 0 unspecified atom stereocenters. The van der Waals surface area contributed by atoms with Crippen LogP contribution in [0.4, 0.5) is 0 Å². The lowest BCUT2D eigenvalue weighted by molar-refractivity contribution is 0.112. The van der Waals surface area contributed by atoms with Crippen molar-refractivity contribution in [2.75, 3.05) is 6.61 Å². The number of carbonyl (C=O) groups is 1. The molecule has 2 nitrogen and oxygen atoms in total. The van der Waals surface area contributed by atoms with E-state index in [1.54, 1.807) is 11.4 Å². The van der Waals surface area contributed by atoms with E-state index in [2.05, 4.69) is 5.92 Å². The number of ether oxygens (including phenoxy) is 1. The van der Waals surface area contributed by atoms with Crippen molar-refractivity contribution in [1.82, 2.24) is 0 Å². The Morgan fingerprint density at radius 1 is 1.75 bits per heavy atom. The van der Waals surface area contributed by atoms with Crippen molar-refractivity contribution < 1.29 is 9.53 Å². The summed E-state index contributed by atoms with van der Waals surface area (Å²) in [5.41, 5.74) is 0. The molecule has 12 heavy (non-hydrogen) atoms. The Balaban J connectivity index is 2.42. The minimum atomic E-state index is 0.505. The number of rotatable bonds is 4. The molecule has 0 saturated heterocycles.